The van der Waals surface area contributed by atoms with Crippen LogP contribution in [0.4, 0.5) is 0 Å². The van der Waals surface area contributed by atoms with E-state index in [1.165, 1.54) is 5.56 Å². The van der Waals surface area contributed by atoms with Crippen molar-refractivity contribution in [2.45, 2.75) is 26.3 Å². The second kappa shape index (κ2) is 10.0. The minimum Gasteiger partial charge on any atom is -0.493 e. The van der Waals surface area contributed by atoms with Gasteiger partial charge in [-0.3, -0.25) is 0 Å². The normalized spacial score (nSPS) is 10.6. The Kier molecular flexibility index (Phi) is 8.65. The average molecular weight is 346 g/mol. The molecule has 4 nitrogen and oxygen atoms in total. The van der Waals surface area contributed by atoms with E-state index in [9.17, 15) is 0 Å². The third-order valence-electron chi connectivity index (χ3n) is 2.78. The lowest BCUT2D eigenvalue weighted by Crippen LogP contribution is -2.14. The Morgan fingerprint density at radius 3 is 2.65 bits per heavy atom. The van der Waals surface area contributed by atoms with Gasteiger partial charge in [0.1, 0.15) is 0 Å². The maximum absolute atomic E-state index is 5.77. The molecule has 0 radical (unpaired) electrons. The maximum atomic E-state index is 5.77. The highest BCUT2D eigenvalue weighted by molar-refractivity contribution is 9.10. The summed E-state index contributed by atoms with van der Waals surface area (Å²) < 4.78 is 17.1. The second-order valence-electron chi connectivity index (χ2n) is 4.48. The summed E-state index contributed by atoms with van der Waals surface area (Å²) >= 11 is 3.55. The zero-order valence-corrected chi connectivity index (χ0v) is 14.1. The van der Waals surface area contributed by atoms with Crippen LogP contribution in [0.2, 0.25) is 0 Å². The van der Waals surface area contributed by atoms with E-state index >= 15 is 0 Å². The van der Waals surface area contributed by atoms with Gasteiger partial charge in [0.2, 0.25) is 0 Å². The first kappa shape index (κ1) is 17.3. The second-order valence-corrected chi connectivity index (χ2v) is 5.33. The molecule has 0 bridgehead atoms. The predicted molar refractivity (Wildman–Crippen MR) is 84.7 cm³/mol. The number of ether oxygens (including phenoxy) is 3. The predicted octanol–water partition coefficient (Wildman–Crippen LogP) is 3.37. The first-order valence-electron chi connectivity index (χ1n) is 6.91. The van der Waals surface area contributed by atoms with Crippen LogP contribution in [0.1, 0.15) is 25.3 Å². The number of nitrogens with one attached hydrogen (secondary N) is 1. The van der Waals surface area contributed by atoms with Gasteiger partial charge >= 0.3 is 0 Å². The molecule has 0 heterocycles. The van der Waals surface area contributed by atoms with Gasteiger partial charge in [-0.2, -0.15) is 0 Å². The monoisotopic (exact) mass is 345 g/mol. The molecular formula is C15H24BrNO3. The molecule has 0 aromatic heterocycles. The van der Waals surface area contributed by atoms with Gasteiger partial charge in [0.15, 0.2) is 11.5 Å². The van der Waals surface area contributed by atoms with Crippen molar-refractivity contribution in [1.29, 1.82) is 0 Å². The molecule has 0 saturated heterocycles. The summed E-state index contributed by atoms with van der Waals surface area (Å²) in [6.45, 7) is 5.29. The van der Waals surface area contributed by atoms with Gasteiger partial charge < -0.3 is 19.5 Å². The van der Waals surface area contributed by atoms with Crippen molar-refractivity contribution in [2.75, 3.05) is 34.0 Å². The van der Waals surface area contributed by atoms with E-state index in [-0.39, 0.29) is 0 Å². The number of benzene rings is 1. The fraction of sp³-hybridized carbons (Fsp3) is 0.600. The lowest BCUT2D eigenvalue weighted by molar-refractivity contribution is 0.170. The van der Waals surface area contributed by atoms with Gasteiger partial charge in [-0.1, -0.05) is 6.92 Å². The minimum absolute atomic E-state index is 0.607. The Bertz CT molecular complexity index is 399. The topological polar surface area (TPSA) is 39.7 Å². The van der Waals surface area contributed by atoms with Crippen molar-refractivity contribution < 1.29 is 14.2 Å². The molecule has 0 amide bonds. The Labute approximate surface area is 129 Å². The molecule has 1 aromatic rings. The van der Waals surface area contributed by atoms with Crippen LogP contribution in [-0.2, 0) is 11.3 Å². The van der Waals surface area contributed by atoms with Crippen LogP contribution in [0.5, 0.6) is 11.5 Å². The summed E-state index contributed by atoms with van der Waals surface area (Å²) in [4.78, 5) is 0. The summed E-state index contributed by atoms with van der Waals surface area (Å²) in [5, 5.41) is 3.38. The molecule has 0 unspecified atom stereocenters. The molecule has 0 aliphatic heterocycles. The molecule has 20 heavy (non-hydrogen) atoms. The minimum atomic E-state index is 0.607. The number of rotatable bonds is 10. The van der Waals surface area contributed by atoms with Crippen LogP contribution >= 0.6 is 15.9 Å². The van der Waals surface area contributed by atoms with E-state index in [0.717, 1.165) is 41.9 Å². The van der Waals surface area contributed by atoms with E-state index in [1.54, 1.807) is 14.2 Å². The third kappa shape index (κ3) is 5.69. The quantitative estimate of drug-likeness (QED) is 0.660. The summed E-state index contributed by atoms with van der Waals surface area (Å²) in [7, 11) is 3.35. The molecule has 0 aliphatic rings. The molecule has 0 atom stereocenters. The molecule has 0 aliphatic carbocycles. The molecule has 0 saturated carbocycles. The highest BCUT2D eigenvalue weighted by Crippen LogP contribution is 2.36. The SMILES string of the molecule is CCCNCc1cc(Br)c(OCCCOC)c(OC)c1. The van der Waals surface area contributed by atoms with Crippen molar-refractivity contribution in [3.8, 4) is 11.5 Å². The summed E-state index contributed by atoms with van der Waals surface area (Å²) in [5.74, 6) is 1.51. The van der Waals surface area contributed by atoms with E-state index in [1.807, 2.05) is 6.07 Å². The Balaban J connectivity index is 2.69. The molecular weight excluding hydrogens is 322 g/mol. The van der Waals surface area contributed by atoms with Crippen LogP contribution in [0, 0.1) is 0 Å². The Morgan fingerprint density at radius 1 is 1.20 bits per heavy atom. The van der Waals surface area contributed by atoms with E-state index < -0.39 is 0 Å². The zero-order chi connectivity index (χ0) is 14.8. The number of halogens is 1. The van der Waals surface area contributed by atoms with Crippen molar-refractivity contribution in [1.82, 2.24) is 5.32 Å². The average Bonchev–Trinajstić information content (AvgIpc) is 2.45. The Morgan fingerprint density at radius 2 is 2.00 bits per heavy atom. The number of hydrogen-bond acceptors (Lipinski definition) is 4. The zero-order valence-electron chi connectivity index (χ0n) is 12.5. The van der Waals surface area contributed by atoms with Crippen LogP contribution in [0.3, 0.4) is 0 Å². The summed E-state index contributed by atoms with van der Waals surface area (Å²) in [6, 6.07) is 4.08. The number of hydrogen-bond donors (Lipinski definition) is 1. The summed E-state index contributed by atoms with van der Waals surface area (Å²) in [6.07, 6.45) is 1.98. The van der Waals surface area contributed by atoms with Gasteiger partial charge in [-0.05, 0) is 46.6 Å². The van der Waals surface area contributed by atoms with Gasteiger partial charge in [-0.15, -0.1) is 0 Å². The molecule has 0 fully saturated rings. The van der Waals surface area contributed by atoms with Crippen LogP contribution < -0.4 is 14.8 Å². The van der Waals surface area contributed by atoms with E-state index in [4.69, 9.17) is 14.2 Å². The van der Waals surface area contributed by atoms with Gasteiger partial charge in [0.05, 0.1) is 18.2 Å². The van der Waals surface area contributed by atoms with Crippen molar-refractivity contribution in [3.05, 3.63) is 22.2 Å². The molecule has 114 valence electrons. The number of methoxy groups -OCH3 is 2. The molecule has 0 spiro atoms. The van der Waals surface area contributed by atoms with Crippen LogP contribution in [0.25, 0.3) is 0 Å². The Hall–Kier alpha value is -0.780. The smallest absolute Gasteiger partial charge is 0.175 e. The fourth-order valence-electron chi connectivity index (χ4n) is 1.80. The lowest BCUT2D eigenvalue weighted by atomic mass is 10.2. The lowest BCUT2D eigenvalue weighted by Gasteiger charge is -2.14. The standard InChI is InChI=1S/C15H24BrNO3/c1-4-6-17-11-12-9-13(16)15(14(10-12)19-3)20-8-5-7-18-2/h9-10,17H,4-8,11H2,1-3H3. The summed E-state index contributed by atoms with van der Waals surface area (Å²) in [5.41, 5.74) is 1.17. The maximum Gasteiger partial charge on any atom is 0.175 e. The van der Waals surface area contributed by atoms with Crippen molar-refractivity contribution in [2.24, 2.45) is 0 Å². The first-order valence-corrected chi connectivity index (χ1v) is 7.71. The third-order valence-corrected chi connectivity index (χ3v) is 3.37. The molecule has 5 heteroatoms. The largest absolute Gasteiger partial charge is 0.493 e. The highest BCUT2D eigenvalue weighted by atomic mass is 79.9. The van der Waals surface area contributed by atoms with Gasteiger partial charge in [0.25, 0.3) is 0 Å². The fourth-order valence-corrected chi connectivity index (χ4v) is 2.41. The molecule has 1 N–H and O–H groups in total. The van der Waals surface area contributed by atoms with Crippen LogP contribution in [-0.4, -0.2) is 34.0 Å². The van der Waals surface area contributed by atoms with E-state index in [2.05, 4.69) is 34.2 Å². The highest BCUT2D eigenvalue weighted by Gasteiger charge is 2.11. The first-order chi connectivity index (χ1) is 9.72. The molecule has 1 aromatic carbocycles. The van der Waals surface area contributed by atoms with Gasteiger partial charge in [0, 0.05) is 26.7 Å². The van der Waals surface area contributed by atoms with E-state index in [0.29, 0.717) is 13.2 Å². The van der Waals surface area contributed by atoms with Gasteiger partial charge in [-0.25, -0.2) is 0 Å². The molecule has 1 rings (SSSR count). The van der Waals surface area contributed by atoms with Crippen molar-refractivity contribution >= 4 is 15.9 Å². The van der Waals surface area contributed by atoms with Crippen molar-refractivity contribution in [3.63, 3.8) is 0 Å². The van der Waals surface area contributed by atoms with Crippen LogP contribution in [0.15, 0.2) is 16.6 Å².